The van der Waals surface area contributed by atoms with Gasteiger partial charge in [-0.1, -0.05) is 91.0 Å². The second kappa shape index (κ2) is 12.6. The van der Waals surface area contributed by atoms with E-state index in [4.69, 9.17) is 18.9 Å². The smallest absolute Gasteiger partial charge is 0.115 e. The third-order valence-electron chi connectivity index (χ3n) is 5.78. The molecule has 33 heavy (non-hydrogen) atoms. The average Bonchev–Trinajstić information content (AvgIpc) is 3.19. The molecule has 4 atom stereocenters. The summed E-state index contributed by atoms with van der Waals surface area (Å²) in [5.41, 5.74) is 3.29. The molecule has 5 nitrogen and oxygen atoms in total. The average molecular weight is 449 g/mol. The molecule has 0 aromatic heterocycles. The maximum Gasteiger partial charge on any atom is 0.115 e. The first-order chi connectivity index (χ1) is 16.3. The van der Waals surface area contributed by atoms with Gasteiger partial charge in [-0.15, -0.1) is 0 Å². The lowest BCUT2D eigenvalue weighted by molar-refractivity contribution is -0.0899. The van der Waals surface area contributed by atoms with Crippen LogP contribution in [0.3, 0.4) is 0 Å². The van der Waals surface area contributed by atoms with Crippen molar-refractivity contribution in [2.24, 2.45) is 0 Å². The van der Waals surface area contributed by atoms with Gasteiger partial charge in [0, 0.05) is 6.61 Å². The minimum Gasteiger partial charge on any atom is -0.396 e. The standard InChI is InChI=1S/C28H32O5/c29-17-16-25-27(31-19-23-12-6-2-7-13-23)28(32-20-24-14-8-3-9-15-24)26(33-25)21-30-18-22-10-4-1-5-11-22/h1-15,25-29H,16-21H2/t25-,26-,27-,28-/m1/s1. The zero-order valence-electron chi connectivity index (χ0n) is 18.8. The lowest BCUT2D eigenvalue weighted by atomic mass is 10.0. The summed E-state index contributed by atoms with van der Waals surface area (Å²) in [6, 6.07) is 30.2. The number of aliphatic hydroxyl groups is 1. The van der Waals surface area contributed by atoms with E-state index in [2.05, 4.69) is 0 Å². The van der Waals surface area contributed by atoms with Gasteiger partial charge in [0.1, 0.15) is 18.3 Å². The molecule has 1 heterocycles. The summed E-state index contributed by atoms with van der Waals surface area (Å²) in [5.74, 6) is 0. The second-order valence-corrected chi connectivity index (χ2v) is 8.25. The van der Waals surface area contributed by atoms with Crippen LogP contribution < -0.4 is 0 Å². The fourth-order valence-electron chi connectivity index (χ4n) is 4.10. The summed E-state index contributed by atoms with van der Waals surface area (Å²) < 4.78 is 25.0. The van der Waals surface area contributed by atoms with E-state index in [1.165, 1.54) is 0 Å². The van der Waals surface area contributed by atoms with Crippen molar-refractivity contribution in [1.29, 1.82) is 0 Å². The van der Waals surface area contributed by atoms with Crippen molar-refractivity contribution in [1.82, 2.24) is 0 Å². The van der Waals surface area contributed by atoms with Crippen molar-refractivity contribution in [2.45, 2.75) is 50.7 Å². The highest BCUT2D eigenvalue weighted by Gasteiger charge is 2.46. The van der Waals surface area contributed by atoms with Crippen LogP contribution in [0, 0.1) is 0 Å². The van der Waals surface area contributed by atoms with Gasteiger partial charge in [-0.25, -0.2) is 0 Å². The Morgan fingerprint density at radius 2 is 1.06 bits per heavy atom. The Morgan fingerprint density at radius 1 is 0.606 bits per heavy atom. The molecule has 1 N–H and O–H groups in total. The van der Waals surface area contributed by atoms with E-state index >= 15 is 0 Å². The largest absolute Gasteiger partial charge is 0.396 e. The molecule has 0 saturated carbocycles. The number of ether oxygens (including phenoxy) is 4. The van der Waals surface area contributed by atoms with Gasteiger partial charge in [-0.3, -0.25) is 0 Å². The number of hydrogen-bond acceptors (Lipinski definition) is 5. The predicted octanol–water partition coefficient (Wildman–Crippen LogP) is 4.52. The summed E-state index contributed by atoms with van der Waals surface area (Å²) in [4.78, 5) is 0. The fraction of sp³-hybridized carbons (Fsp3) is 0.357. The summed E-state index contributed by atoms with van der Waals surface area (Å²) in [6.45, 7) is 1.84. The molecule has 1 saturated heterocycles. The highest BCUT2D eigenvalue weighted by atomic mass is 16.6. The van der Waals surface area contributed by atoms with Gasteiger partial charge in [-0.05, 0) is 23.1 Å². The summed E-state index contributed by atoms with van der Waals surface area (Å²) >= 11 is 0. The lowest BCUT2D eigenvalue weighted by Gasteiger charge is -2.25. The third kappa shape index (κ3) is 6.97. The second-order valence-electron chi connectivity index (χ2n) is 8.25. The normalized spacial score (nSPS) is 22.5. The molecule has 0 bridgehead atoms. The zero-order chi connectivity index (χ0) is 22.7. The highest BCUT2D eigenvalue weighted by molar-refractivity contribution is 5.15. The number of benzene rings is 3. The van der Waals surface area contributed by atoms with Crippen LogP contribution in [-0.2, 0) is 38.8 Å². The molecule has 174 valence electrons. The number of rotatable bonds is 12. The molecular formula is C28H32O5. The predicted molar refractivity (Wildman–Crippen MR) is 126 cm³/mol. The monoisotopic (exact) mass is 448 g/mol. The van der Waals surface area contributed by atoms with Gasteiger partial charge >= 0.3 is 0 Å². The van der Waals surface area contributed by atoms with Crippen LogP contribution in [0.15, 0.2) is 91.0 Å². The maximum atomic E-state index is 9.63. The molecule has 0 radical (unpaired) electrons. The lowest BCUT2D eigenvalue weighted by Crippen LogP contribution is -2.39. The van der Waals surface area contributed by atoms with Gasteiger partial charge in [0.2, 0.25) is 0 Å². The molecule has 0 aliphatic carbocycles. The molecule has 1 aliphatic rings. The minimum absolute atomic E-state index is 0.0266. The minimum atomic E-state index is -0.304. The van der Waals surface area contributed by atoms with E-state index < -0.39 is 0 Å². The van der Waals surface area contributed by atoms with Crippen molar-refractivity contribution in [3.8, 4) is 0 Å². The van der Waals surface area contributed by atoms with Gasteiger partial charge < -0.3 is 24.1 Å². The van der Waals surface area contributed by atoms with Crippen LogP contribution in [0.25, 0.3) is 0 Å². The van der Waals surface area contributed by atoms with E-state index in [0.29, 0.717) is 32.8 Å². The van der Waals surface area contributed by atoms with Crippen molar-refractivity contribution in [2.75, 3.05) is 13.2 Å². The number of aliphatic hydroxyl groups excluding tert-OH is 1. The highest BCUT2D eigenvalue weighted by Crippen LogP contribution is 2.30. The van der Waals surface area contributed by atoms with Gasteiger partial charge in [0.15, 0.2) is 0 Å². The molecule has 4 rings (SSSR count). The fourth-order valence-corrected chi connectivity index (χ4v) is 4.10. The Balaban J connectivity index is 1.44. The quantitative estimate of drug-likeness (QED) is 0.441. The van der Waals surface area contributed by atoms with Crippen LogP contribution in [0.4, 0.5) is 0 Å². The van der Waals surface area contributed by atoms with Crippen molar-refractivity contribution >= 4 is 0 Å². The van der Waals surface area contributed by atoms with E-state index in [-0.39, 0.29) is 31.0 Å². The van der Waals surface area contributed by atoms with Gasteiger partial charge in [0.25, 0.3) is 0 Å². The van der Waals surface area contributed by atoms with E-state index in [1.807, 2.05) is 91.0 Å². The van der Waals surface area contributed by atoms with Crippen LogP contribution in [0.5, 0.6) is 0 Å². The molecule has 1 aliphatic heterocycles. The molecule has 3 aromatic carbocycles. The molecular weight excluding hydrogens is 416 g/mol. The Morgan fingerprint density at radius 3 is 1.55 bits per heavy atom. The maximum absolute atomic E-state index is 9.63. The SMILES string of the molecule is OCC[C@H]1O[C@H](COCc2ccccc2)[C@@H](OCc2ccccc2)[C@@H]1OCc1ccccc1. The van der Waals surface area contributed by atoms with Gasteiger partial charge in [-0.2, -0.15) is 0 Å². The molecule has 0 spiro atoms. The van der Waals surface area contributed by atoms with Crippen LogP contribution in [0.1, 0.15) is 23.1 Å². The molecule has 1 fully saturated rings. The Hall–Kier alpha value is -2.54. The molecule has 5 heteroatoms. The summed E-state index contributed by atoms with van der Waals surface area (Å²) in [7, 11) is 0. The topological polar surface area (TPSA) is 57.2 Å². The zero-order valence-corrected chi connectivity index (χ0v) is 18.8. The molecule has 0 amide bonds. The Kier molecular flexibility index (Phi) is 9.04. The molecule has 0 unspecified atom stereocenters. The van der Waals surface area contributed by atoms with Crippen molar-refractivity contribution in [3.05, 3.63) is 108 Å². The Labute approximate surface area is 195 Å². The Bertz CT molecular complexity index is 919. The summed E-state index contributed by atoms with van der Waals surface area (Å²) in [5, 5.41) is 9.63. The third-order valence-corrected chi connectivity index (χ3v) is 5.78. The molecule has 3 aromatic rings. The van der Waals surface area contributed by atoms with Crippen LogP contribution in [0.2, 0.25) is 0 Å². The van der Waals surface area contributed by atoms with E-state index in [0.717, 1.165) is 16.7 Å². The first kappa shape index (κ1) is 23.6. The van der Waals surface area contributed by atoms with E-state index in [1.54, 1.807) is 0 Å². The van der Waals surface area contributed by atoms with E-state index in [9.17, 15) is 5.11 Å². The number of hydrogen-bond donors (Lipinski definition) is 1. The van der Waals surface area contributed by atoms with Crippen LogP contribution in [-0.4, -0.2) is 42.7 Å². The van der Waals surface area contributed by atoms with Gasteiger partial charge in [0.05, 0.1) is 32.5 Å². The first-order valence-corrected chi connectivity index (χ1v) is 11.5. The summed E-state index contributed by atoms with van der Waals surface area (Å²) in [6.07, 6.45) is -0.660. The first-order valence-electron chi connectivity index (χ1n) is 11.5. The van der Waals surface area contributed by atoms with Crippen LogP contribution >= 0.6 is 0 Å². The van der Waals surface area contributed by atoms with Crippen molar-refractivity contribution < 1.29 is 24.1 Å². The van der Waals surface area contributed by atoms with Crippen molar-refractivity contribution in [3.63, 3.8) is 0 Å².